The predicted molar refractivity (Wildman–Crippen MR) is 108 cm³/mol. The molecule has 8 nitrogen and oxygen atoms in total. The van der Waals surface area contributed by atoms with Gasteiger partial charge in [-0.15, -0.1) is 0 Å². The molecule has 1 saturated heterocycles. The second kappa shape index (κ2) is 9.38. The Balaban J connectivity index is 1.71. The van der Waals surface area contributed by atoms with E-state index in [-0.39, 0.29) is 23.0 Å². The van der Waals surface area contributed by atoms with Gasteiger partial charge in [-0.1, -0.05) is 30.3 Å². The number of nitrogens with zero attached hydrogens (tertiary/aromatic N) is 2. The lowest BCUT2D eigenvalue weighted by Gasteiger charge is -2.17. The van der Waals surface area contributed by atoms with E-state index in [0.29, 0.717) is 18.9 Å². The first-order chi connectivity index (χ1) is 14.0. The quantitative estimate of drug-likeness (QED) is 0.542. The molecule has 8 heteroatoms. The number of amides is 1. The smallest absolute Gasteiger partial charge is 0.286 e. The van der Waals surface area contributed by atoms with Crippen molar-refractivity contribution in [2.24, 2.45) is 0 Å². The van der Waals surface area contributed by atoms with E-state index in [0.717, 1.165) is 19.5 Å². The summed E-state index contributed by atoms with van der Waals surface area (Å²) >= 11 is 0. The molecule has 2 aromatic rings. The molecule has 0 saturated carbocycles. The van der Waals surface area contributed by atoms with E-state index in [9.17, 15) is 14.9 Å². The van der Waals surface area contributed by atoms with Crippen molar-refractivity contribution in [2.75, 3.05) is 26.8 Å². The third kappa shape index (κ3) is 5.03. The molecule has 1 atom stereocenters. The van der Waals surface area contributed by atoms with Gasteiger partial charge in [-0.05, 0) is 18.9 Å². The second-order valence-electron chi connectivity index (χ2n) is 6.89. The van der Waals surface area contributed by atoms with Crippen molar-refractivity contribution < 1.29 is 19.2 Å². The molecule has 1 fully saturated rings. The van der Waals surface area contributed by atoms with Gasteiger partial charge < -0.3 is 14.8 Å². The lowest BCUT2D eigenvalue weighted by Crippen LogP contribution is -2.37. The monoisotopic (exact) mass is 399 g/mol. The molecule has 2 aromatic carbocycles. The molecule has 1 heterocycles. The molecule has 0 aliphatic carbocycles. The average molecular weight is 399 g/mol. The summed E-state index contributed by atoms with van der Waals surface area (Å²) in [4.78, 5) is 26.0. The topological polar surface area (TPSA) is 93.9 Å². The number of rotatable bonds is 8. The molecule has 0 bridgehead atoms. The summed E-state index contributed by atoms with van der Waals surface area (Å²) in [6, 6.07) is 12.7. The third-order valence-electron chi connectivity index (χ3n) is 4.88. The van der Waals surface area contributed by atoms with Crippen LogP contribution >= 0.6 is 0 Å². The molecule has 3 rings (SSSR count). The van der Waals surface area contributed by atoms with Gasteiger partial charge in [0.1, 0.15) is 5.56 Å². The van der Waals surface area contributed by atoms with Crippen molar-refractivity contribution in [3.8, 4) is 11.5 Å². The van der Waals surface area contributed by atoms with Crippen molar-refractivity contribution >= 4 is 11.6 Å². The summed E-state index contributed by atoms with van der Waals surface area (Å²) in [5.41, 5.74) is 0.884. The highest BCUT2D eigenvalue weighted by molar-refractivity contribution is 5.99. The summed E-state index contributed by atoms with van der Waals surface area (Å²) < 4.78 is 10.6. The van der Waals surface area contributed by atoms with E-state index >= 15 is 0 Å². The van der Waals surface area contributed by atoms with Gasteiger partial charge in [0.05, 0.1) is 24.7 Å². The van der Waals surface area contributed by atoms with Gasteiger partial charge in [0, 0.05) is 31.7 Å². The Kier molecular flexibility index (Phi) is 6.66. The summed E-state index contributed by atoms with van der Waals surface area (Å²) in [6.07, 6.45) is 0.793. The van der Waals surface area contributed by atoms with E-state index < -0.39 is 10.8 Å². The van der Waals surface area contributed by atoms with E-state index in [1.807, 2.05) is 18.2 Å². The molecular weight excluding hydrogens is 374 g/mol. The van der Waals surface area contributed by atoms with Gasteiger partial charge in [0.2, 0.25) is 0 Å². The first-order valence-corrected chi connectivity index (χ1v) is 9.58. The zero-order valence-corrected chi connectivity index (χ0v) is 16.6. The first kappa shape index (κ1) is 20.6. The predicted octanol–water partition coefficient (Wildman–Crippen LogP) is 3.01. The van der Waals surface area contributed by atoms with Crippen molar-refractivity contribution in [1.29, 1.82) is 0 Å². The highest BCUT2D eigenvalue weighted by atomic mass is 16.6. The maximum absolute atomic E-state index is 12.8. The summed E-state index contributed by atoms with van der Waals surface area (Å²) in [5, 5.41) is 14.4. The zero-order chi connectivity index (χ0) is 20.8. The number of hydrogen-bond acceptors (Lipinski definition) is 6. The fraction of sp³-hybridized carbons (Fsp3) is 0.381. The molecule has 0 unspecified atom stereocenters. The molecule has 1 N–H and O–H groups in total. The molecule has 1 aliphatic heterocycles. The fourth-order valence-electron chi connectivity index (χ4n) is 3.51. The number of nitro benzene ring substituents is 1. The lowest BCUT2D eigenvalue weighted by molar-refractivity contribution is -0.385. The van der Waals surface area contributed by atoms with Crippen LogP contribution in [0.2, 0.25) is 0 Å². The molecule has 154 valence electrons. The van der Waals surface area contributed by atoms with Gasteiger partial charge in [0.25, 0.3) is 11.6 Å². The number of carbonyl (C=O) groups excluding carboxylic acids is 1. The van der Waals surface area contributed by atoms with Crippen LogP contribution < -0.4 is 14.8 Å². The molecule has 29 heavy (non-hydrogen) atoms. The van der Waals surface area contributed by atoms with E-state index in [4.69, 9.17) is 9.47 Å². The van der Waals surface area contributed by atoms with Crippen LogP contribution in [0.15, 0.2) is 42.5 Å². The van der Waals surface area contributed by atoms with E-state index in [1.54, 1.807) is 6.92 Å². The number of methoxy groups -OCH3 is 1. The second-order valence-corrected chi connectivity index (χ2v) is 6.89. The Morgan fingerprint density at radius 3 is 2.69 bits per heavy atom. The summed E-state index contributed by atoms with van der Waals surface area (Å²) in [5.74, 6) is 0.0553. The maximum atomic E-state index is 12.8. The highest BCUT2D eigenvalue weighted by Crippen LogP contribution is 2.35. The van der Waals surface area contributed by atoms with E-state index in [2.05, 4.69) is 22.3 Å². The van der Waals surface area contributed by atoms with Crippen LogP contribution in [0.5, 0.6) is 11.5 Å². The fourth-order valence-corrected chi connectivity index (χ4v) is 3.51. The molecular formula is C21H25N3O5. The standard InChI is InChI=1S/C21H25N3O5/c1-3-29-20-11-17(18(24(26)27)12-19(20)28-2)21(25)22-16-9-10-23(14-16)13-15-7-5-4-6-8-15/h4-8,11-12,16H,3,9-10,13-14H2,1-2H3,(H,22,25)/t16-/m0/s1. The minimum absolute atomic E-state index is 0.0271. The van der Waals surface area contributed by atoms with Gasteiger partial charge in [-0.3, -0.25) is 19.8 Å². The van der Waals surface area contributed by atoms with Gasteiger partial charge >= 0.3 is 0 Å². The van der Waals surface area contributed by atoms with Crippen molar-refractivity contribution in [3.63, 3.8) is 0 Å². The number of nitro groups is 1. The van der Waals surface area contributed by atoms with Crippen LogP contribution in [0.25, 0.3) is 0 Å². The minimum atomic E-state index is -0.580. The molecule has 0 spiro atoms. The summed E-state index contributed by atoms with van der Waals surface area (Å²) in [7, 11) is 1.40. The summed E-state index contributed by atoms with van der Waals surface area (Å²) in [6.45, 7) is 4.51. The van der Waals surface area contributed by atoms with Gasteiger partial charge in [-0.25, -0.2) is 0 Å². The van der Waals surface area contributed by atoms with Crippen molar-refractivity contribution in [2.45, 2.75) is 25.9 Å². The minimum Gasteiger partial charge on any atom is -0.493 e. The number of likely N-dealkylation sites (tertiary alicyclic amines) is 1. The highest BCUT2D eigenvalue weighted by Gasteiger charge is 2.29. The first-order valence-electron chi connectivity index (χ1n) is 9.58. The Morgan fingerprint density at radius 1 is 1.28 bits per heavy atom. The SMILES string of the molecule is CCOc1cc(C(=O)N[C@H]2CCN(Cc3ccccc3)C2)c([N+](=O)[O-])cc1OC. The Labute approximate surface area is 169 Å². The Hall–Kier alpha value is -3.13. The van der Waals surface area contributed by atoms with Crippen LogP contribution in [0.3, 0.4) is 0 Å². The lowest BCUT2D eigenvalue weighted by atomic mass is 10.1. The molecule has 1 aliphatic rings. The van der Waals surface area contributed by atoms with Crippen LogP contribution in [0, 0.1) is 10.1 Å². The molecule has 1 amide bonds. The van der Waals surface area contributed by atoms with Crippen molar-refractivity contribution in [1.82, 2.24) is 10.2 Å². The van der Waals surface area contributed by atoms with Gasteiger partial charge in [0.15, 0.2) is 11.5 Å². The van der Waals surface area contributed by atoms with Crippen LogP contribution in [-0.2, 0) is 6.54 Å². The van der Waals surface area contributed by atoms with E-state index in [1.165, 1.54) is 24.8 Å². The van der Waals surface area contributed by atoms with Crippen LogP contribution in [0.4, 0.5) is 5.69 Å². The van der Waals surface area contributed by atoms with Crippen LogP contribution in [0.1, 0.15) is 29.3 Å². The number of carbonyl (C=O) groups is 1. The Morgan fingerprint density at radius 2 is 2.03 bits per heavy atom. The molecule has 0 radical (unpaired) electrons. The largest absolute Gasteiger partial charge is 0.493 e. The molecule has 0 aromatic heterocycles. The van der Waals surface area contributed by atoms with Crippen molar-refractivity contribution in [3.05, 3.63) is 63.7 Å². The number of benzene rings is 2. The third-order valence-corrected chi connectivity index (χ3v) is 4.88. The number of nitrogens with one attached hydrogen (secondary N) is 1. The maximum Gasteiger partial charge on any atom is 0.286 e. The number of hydrogen-bond donors (Lipinski definition) is 1. The Bertz CT molecular complexity index is 872. The normalized spacial score (nSPS) is 16.4. The zero-order valence-electron chi connectivity index (χ0n) is 16.6. The van der Waals surface area contributed by atoms with Crippen LogP contribution in [-0.4, -0.2) is 48.6 Å². The number of ether oxygens (including phenoxy) is 2. The average Bonchev–Trinajstić information content (AvgIpc) is 3.15. The van der Waals surface area contributed by atoms with Gasteiger partial charge in [-0.2, -0.15) is 0 Å².